The summed E-state index contributed by atoms with van der Waals surface area (Å²) in [5.74, 6) is -4.77. The molecule has 0 aliphatic carbocycles. The van der Waals surface area contributed by atoms with E-state index in [1.54, 1.807) is 6.07 Å². The third-order valence-corrected chi connectivity index (χ3v) is 5.16. The molecule has 1 atom stereocenters. The van der Waals surface area contributed by atoms with Crippen molar-refractivity contribution in [1.29, 1.82) is 0 Å². The van der Waals surface area contributed by atoms with E-state index >= 15 is 0 Å². The fourth-order valence-corrected chi connectivity index (χ4v) is 3.43. The summed E-state index contributed by atoms with van der Waals surface area (Å²) < 4.78 is 34.6. The third kappa shape index (κ3) is 5.41. The zero-order valence-corrected chi connectivity index (χ0v) is 15.4. The van der Waals surface area contributed by atoms with Crippen LogP contribution in [0.5, 0.6) is 5.88 Å². The summed E-state index contributed by atoms with van der Waals surface area (Å²) in [7, 11) is -4.27. The average Bonchev–Trinajstić information content (AvgIpc) is 3.02. The van der Waals surface area contributed by atoms with Crippen molar-refractivity contribution in [3.8, 4) is 5.88 Å². The number of benzene rings is 1. The van der Waals surface area contributed by atoms with Crippen molar-refractivity contribution in [3.05, 3.63) is 30.3 Å². The van der Waals surface area contributed by atoms with E-state index in [0.29, 0.717) is 0 Å². The number of sulfone groups is 1. The maximum atomic E-state index is 12.6. The Morgan fingerprint density at radius 3 is 2.52 bits per heavy atom. The smallest absolute Gasteiger partial charge is 0.445 e. The fraction of sp³-hybridized carbons (Fsp3) is 0.267. The number of nitrogens with zero attached hydrogens (tertiary/aromatic N) is 2. The lowest BCUT2D eigenvalue weighted by Crippen LogP contribution is -2.49. The van der Waals surface area contributed by atoms with Gasteiger partial charge in [0.1, 0.15) is 6.61 Å². The van der Waals surface area contributed by atoms with Gasteiger partial charge in [-0.3, -0.25) is 9.59 Å². The number of hydrogen-bond acceptors (Lipinski definition) is 10. The highest BCUT2D eigenvalue weighted by molar-refractivity contribution is 7.91. The Kier molecular flexibility index (Phi) is 6.71. The van der Waals surface area contributed by atoms with Crippen LogP contribution in [0.15, 0.2) is 44.9 Å². The number of carboxylic acids is 2. The topological polar surface area (TPSA) is 200 Å². The zero-order chi connectivity index (χ0) is 21.6. The molecule has 156 valence electrons. The molecule has 0 aliphatic heterocycles. The Bertz CT molecular complexity index is 1000. The third-order valence-electron chi connectivity index (χ3n) is 3.43. The molecule has 0 aliphatic rings. The van der Waals surface area contributed by atoms with Crippen LogP contribution in [0.25, 0.3) is 0 Å². The van der Waals surface area contributed by atoms with Crippen molar-refractivity contribution in [1.82, 2.24) is 10.5 Å². The minimum absolute atomic E-state index is 0.114. The minimum atomic E-state index is -4.27. The van der Waals surface area contributed by atoms with Crippen LogP contribution < -0.4 is 20.1 Å². The highest BCUT2D eigenvalue weighted by Gasteiger charge is 2.40. The van der Waals surface area contributed by atoms with Gasteiger partial charge in [-0.25, -0.2) is 8.42 Å². The van der Waals surface area contributed by atoms with Gasteiger partial charge in [0.15, 0.2) is 4.90 Å². The average molecular weight is 429 g/mol. The molecule has 2 aromatic rings. The van der Waals surface area contributed by atoms with E-state index < -0.39 is 64.1 Å². The highest BCUT2D eigenvalue weighted by Crippen LogP contribution is 2.24. The summed E-state index contributed by atoms with van der Waals surface area (Å²) in [5.41, 5.74) is 0. The van der Waals surface area contributed by atoms with Gasteiger partial charge < -0.3 is 30.3 Å². The van der Waals surface area contributed by atoms with E-state index in [4.69, 9.17) is 9.84 Å². The number of carbonyl (C=O) groups excluding carboxylic acids is 2. The van der Waals surface area contributed by atoms with E-state index in [1.807, 2.05) is 5.32 Å². The Hall–Kier alpha value is -3.68. The Labute approximate surface area is 162 Å². The monoisotopic (exact) mass is 429 g/mol. The number of carboxylic acid groups (broad SMARTS) is 2. The van der Waals surface area contributed by atoms with Crippen molar-refractivity contribution >= 4 is 27.7 Å². The summed E-state index contributed by atoms with van der Waals surface area (Å²) in [6.07, 6.45) is -1.37. The lowest BCUT2D eigenvalue weighted by Gasteiger charge is -2.17. The summed E-state index contributed by atoms with van der Waals surface area (Å²) in [6, 6.07) is 5.28. The Balaban J connectivity index is 2.05. The molecule has 14 heteroatoms. The predicted molar refractivity (Wildman–Crippen MR) is 85.1 cm³/mol. The first-order chi connectivity index (χ1) is 13.6. The van der Waals surface area contributed by atoms with Gasteiger partial charge in [-0.05, 0) is 16.8 Å². The lowest BCUT2D eigenvalue weighted by atomic mass is 10.2. The molecule has 1 aromatic heterocycles. The van der Waals surface area contributed by atoms with Gasteiger partial charge in [-0.2, -0.15) is 0 Å². The second kappa shape index (κ2) is 9.01. The van der Waals surface area contributed by atoms with Crippen LogP contribution in [0.1, 0.15) is 12.8 Å². The van der Waals surface area contributed by atoms with Crippen LogP contribution in [0.4, 0.5) is 0 Å². The molecule has 3 N–H and O–H groups in total. The van der Waals surface area contributed by atoms with Crippen molar-refractivity contribution in [2.45, 2.75) is 28.8 Å². The molecule has 1 heterocycles. The number of aliphatic carboxylic acids is 2. The SMILES string of the molecule is O=C(O)C[C@H](NC(=O)CCOc1no[n+](O)c1S(=O)(=O)c1ccccc1)C(=O)[O-]. The van der Waals surface area contributed by atoms with E-state index in [2.05, 4.69) is 9.79 Å². The van der Waals surface area contributed by atoms with Crippen LogP contribution in [0.3, 0.4) is 0 Å². The summed E-state index contributed by atoms with van der Waals surface area (Å²) in [4.78, 5) is 32.8. The van der Waals surface area contributed by atoms with Crippen molar-refractivity contribution in [2.75, 3.05) is 6.61 Å². The number of nitrogens with one attached hydrogen (secondary N) is 1. The molecule has 29 heavy (non-hydrogen) atoms. The molecule has 0 fully saturated rings. The number of carbonyl (C=O) groups is 3. The summed E-state index contributed by atoms with van der Waals surface area (Å²) in [6.45, 7) is -0.484. The van der Waals surface area contributed by atoms with E-state index in [9.17, 15) is 33.1 Å². The minimum Gasteiger partial charge on any atom is -0.548 e. The van der Waals surface area contributed by atoms with Gasteiger partial charge in [0.25, 0.3) is 9.84 Å². The molecule has 13 nitrogen and oxygen atoms in total. The van der Waals surface area contributed by atoms with Crippen molar-refractivity contribution in [3.63, 3.8) is 0 Å². The van der Waals surface area contributed by atoms with E-state index in [-0.39, 0.29) is 9.80 Å². The molecule has 2 rings (SSSR count). The van der Waals surface area contributed by atoms with Gasteiger partial charge in [-0.15, -0.1) is 0 Å². The molecular weight excluding hydrogens is 414 g/mol. The standard InChI is InChI=1S/C15H15N3O10S/c19-11(16-10(15(22)23)8-12(20)21)6-7-27-13-14(18(24)28-17-13)29(25,26)9-4-2-1-3-5-9/h1-5,10H,6-8H2,(H3-,16,17,19,20,21,22,23,24)/t10-/m0/s1. The maximum Gasteiger partial charge on any atom is 0.445 e. The van der Waals surface area contributed by atoms with Gasteiger partial charge >= 0.3 is 16.9 Å². The zero-order valence-electron chi connectivity index (χ0n) is 14.5. The second-order valence-electron chi connectivity index (χ2n) is 5.51. The maximum absolute atomic E-state index is 12.6. The molecule has 0 radical (unpaired) electrons. The van der Waals surface area contributed by atoms with Gasteiger partial charge in [0.2, 0.25) is 11.1 Å². The fourth-order valence-electron chi connectivity index (χ4n) is 2.13. The molecule has 1 aromatic carbocycles. The van der Waals surface area contributed by atoms with E-state index in [1.165, 1.54) is 24.3 Å². The molecular formula is C15H15N3O10S. The molecule has 0 saturated carbocycles. The number of amides is 1. The number of rotatable bonds is 10. The van der Waals surface area contributed by atoms with Gasteiger partial charge in [-0.1, -0.05) is 18.2 Å². The number of ether oxygens (including phenoxy) is 1. The number of hydrogen-bond donors (Lipinski definition) is 3. The van der Waals surface area contributed by atoms with Crippen LogP contribution in [0, 0.1) is 0 Å². The lowest BCUT2D eigenvalue weighted by molar-refractivity contribution is -1.06. The van der Waals surface area contributed by atoms with E-state index in [0.717, 1.165) is 0 Å². The molecule has 1 amide bonds. The predicted octanol–water partition coefficient (Wildman–Crippen LogP) is -2.49. The van der Waals surface area contributed by atoms with Crippen LogP contribution in [-0.2, 0) is 24.2 Å². The molecule has 0 unspecified atom stereocenters. The molecule has 0 saturated heterocycles. The van der Waals surface area contributed by atoms with Crippen LogP contribution in [0.2, 0.25) is 0 Å². The quantitative estimate of drug-likeness (QED) is 0.337. The summed E-state index contributed by atoms with van der Waals surface area (Å²) in [5, 5.41) is 33.4. The Morgan fingerprint density at radius 1 is 1.28 bits per heavy atom. The largest absolute Gasteiger partial charge is 0.548 e. The molecule has 0 spiro atoms. The van der Waals surface area contributed by atoms with Crippen molar-refractivity contribution in [2.24, 2.45) is 0 Å². The van der Waals surface area contributed by atoms with Crippen LogP contribution >= 0.6 is 0 Å². The highest BCUT2D eigenvalue weighted by atomic mass is 32.2. The first-order valence-corrected chi connectivity index (χ1v) is 9.37. The van der Waals surface area contributed by atoms with Gasteiger partial charge in [0, 0.05) is 0 Å². The summed E-state index contributed by atoms with van der Waals surface area (Å²) >= 11 is 0. The normalized spacial score (nSPS) is 12.1. The molecule has 0 bridgehead atoms. The van der Waals surface area contributed by atoms with Gasteiger partial charge in [0.05, 0.1) is 29.7 Å². The number of aromatic nitrogens is 2. The Morgan fingerprint density at radius 2 is 1.93 bits per heavy atom. The first kappa shape index (κ1) is 21.6. The van der Waals surface area contributed by atoms with Crippen molar-refractivity contribution < 1.29 is 52.5 Å². The van der Waals surface area contributed by atoms with Crippen LogP contribution in [-0.4, -0.2) is 54.4 Å². The first-order valence-electron chi connectivity index (χ1n) is 7.89. The second-order valence-corrected chi connectivity index (χ2v) is 7.37.